The van der Waals surface area contributed by atoms with Crippen LogP contribution in [0.3, 0.4) is 0 Å². The van der Waals surface area contributed by atoms with Crippen LogP contribution in [0.15, 0.2) is 0 Å². The highest BCUT2D eigenvalue weighted by molar-refractivity contribution is 6.20. The smallest absolute Gasteiger partial charge is 0.0364 e. The van der Waals surface area contributed by atoms with Gasteiger partial charge in [-0.1, -0.05) is 46.5 Å². The Labute approximate surface area is 89.1 Å². The molecule has 0 saturated heterocycles. The van der Waals surface area contributed by atoms with Gasteiger partial charge >= 0.3 is 0 Å². The minimum atomic E-state index is 0.427. The Bertz CT molecular complexity index is 101. The Balaban J connectivity index is 3.75. The van der Waals surface area contributed by atoms with Gasteiger partial charge in [-0.3, -0.25) is 0 Å². The molecule has 2 atom stereocenters. The van der Waals surface area contributed by atoms with Gasteiger partial charge in [-0.15, -0.1) is 11.6 Å². The van der Waals surface area contributed by atoms with Crippen LogP contribution >= 0.6 is 11.6 Å². The largest absolute Gasteiger partial charge is 0.123 e. The standard InChI is InChI=1S/C12H25Cl/c1-4-7-10-11(8-5-2)12(13)9-6-3/h11-12H,4-10H2,1-3H3. The van der Waals surface area contributed by atoms with Gasteiger partial charge in [0.15, 0.2) is 0 Å². The highest BCUT2D eigenvalue weighted by Gasteiger charge is 2.16. The molecule has 0 aromatic heterocycles. The molecule has 1 heteroatoms. The second kappa shape index (κ2) is 8.87. The molecule has 0 aromatic carbocycles. The van der Waals surface area contributed by atoms with Crippen LogP contribution in [0.2, 0.25) is 0 Å². The molecule has 0 aliphatic rings. The van der Waals surface area contributed by atoms with Gasteiger partial charge in [-0.25, -0.2) is 0 Å². The zero-order valence-electron chi connectivity index (χ0n) is 9.48. The molecule has 0 amide bonds. The fourth-order valence-electron chi connectivity index (χ4n) is 1.85. The summed E-state index contributed by atoms with van der Waals surface area (Å²) in [7, 11) is 0. The summed E-state index contributed by atoms with van der Waals surface area (Å²) in [6, 6.07) is 0. The highest BCUT2D eigenvalue weighted by atomic mass is 35.5. The molecule has 0 aromatic rings. The first-order valence-corrected chi connectivity index (χ1v) is 6.33. The lowest BCUT2D eigenvalue weighted by atomic mass is 9.91. The molecule has 0 fully saturated rings. The second-order valence-corrected chi connectivity index (χ2v) is 4.56. The van der Waals surface area contributed by atoms with Gasteiger partial charge in [0.25, 0.3) is 0 Å². The van der Waals surface area contributed by atoms with Crippen molar-refractivity contribution in [3.05, 3.63) is 0 Å². The van der Waals surface area contributed by atoms with Crippen molar-refractivity contribution >= 4 is 11.6 Å². The first-order valence-electron chi connectivity index (χ1n) is 5.90. The fourth-order valence-corrected chi connectivity index (χ4v) is 2.32. The maximum Gasteiger partial charge on any atom is 0.0364 e. The third kappa shape index (κ3) is 6.37. The summed E-state index contributed by atoms with van der Waals surface area (Å²) in [5, 5.41) is 0.427. The van der Waals surface area contributed by atoms with Crippen LogP contribution < -0.4 is 0 Å². The van der Waals surface area contributed by atoms with Crippen LogP contribution in [-0.4, -0.2) is 5.38 Å². The Morgan fingerprint density at radius 1 is 0.846 bits per heavy atom. The van der Waals surface area contributed by atoms with E-state index in [-0.39, 0.29) is 0 Å². The van der Waals surface area contributed by atoms with Gasteiger partial charge < -0.3 is 0 Å². The number of hydrogen-bond donors (Lipinski definition) is 0. The van der Waals surface area contributed by atoms with Crippen LogP contribution in [0.25, 0.3) is 0 Å². The second-order valence-electron chi connectivity index (χ2n) is 4.00. The molecular weight excluding hydrogens is 180 g/mol. The highest BCUT2D eigenvalue weighted by Crippen LogP contribution is 2.25. The van der Waals surface area contributed by atoms with Crippen molar-refractivity contribution in [3.8, 4) is 0 Å². The molecule has 0 saturated carbocycles. The van der Waals surface area contributed by atoms with Crippen molar-refractivity contribution in [2.75, 3.05) is 0 Å². The van der Waals surface area contributed by atoms with Crippen molar-refractivity contribution in [2.24, 2.45) is 5.92 Å². The van der Waals surface area contributed by atoms with Crippen molar-refractivity contribution < 1.29 is 0 Å². The molecule has 0 aliphatic heterocycles. The molecule has 0 heterocycles. The fraction of sp³-hybridized carbons (Fsp3) is 1.00. The van der Waals surface area contributed by atoms with E-state index in [0.717, 1.165) is 5.92 Å². The summed E-state index contributed by atoms with van der Waals surface area (Å²) in [4.78, 5) is 0. The van der Waals surface area contributed by atoms with Gasteiger partial charge in [-0.05, 0) is 25.2 Å². The van der Waals surface area contributed by atoms with Crippen molar-refractivity contribution in [2.45, 2.75) is 71.1 Å². The summed E-state index contributed by atoms with van der Waals surface area (Å²) in [6.45, 7) is 6.73. The number of halogens is 1. The number of unbranched alkanes of at least 4 members (excludes halogenated alkanes) is 1. The molecule has 2 unspecified atom stereocenters. The van der Waals surface area contributed by atoms with Crippen molar-refractivity contribution in [1.29, 1.82) is 0 Å². The molecule has 0 spiro atoms. The topological polar surface area (TPSA) is 0 Å². The maximum absolute atomic E-state index is 6.36. The van der Waals surface area contributed by atoms with Gasteiger partial charge in [0.2, 0.25) is 0 Å². The van der Waals surface area contributed by atoms with Crippen molar-refractivity contribution in [1.82, 2.24) is 0 Å². The lowest BCUT2D eigenvalue weighted by molar-refractivity contribution is 0.396. The van der Waals surface area contributed by atoms with E-state index in [0.29, 0.717) is 5.38 Å². The van der Waals surface area contributed by atoms with E-state index in [1.54, 1.807) is 0 Å². The Kier molecular flexibility index (Phi) is 9.07. The van der Waals surface area contributed by atoms with E-state index in [1.165, 1.54) is 44.9 Å². The summed E-state index contributed by atoms with van der Waals surface area (Å²) in [5.41, 5.74) is 0. The van der Waals surface area contributed by atoms with E-state index in [9.17, 15) is 0 Å². The lowest BCUT2D eigenvalue weighted by Crippen LogP contribution is -2.14. The van der Waals surface area contributed by atoms with Gasteiger partial charge in [0.05, 0.1) is 0 Å². The van der Waals surface area contributed by atoms with Gasteiger partial charge in [0, 0.05) is 5.38 Å². The lowest BCUT2D eigenvalue weighted by Gasteiger charge is -2.21. The average Bonchev–Trinajstić information content (AvgIpc) is 2.12. The molecule has 0 aliphatic carbocycles. The first-order chi connectivity index (χ1) is 6.26. The quantitative estimate of drug-likeness (QED) is 0.488. The van der Waals surface area contributed by atoms with Crippen molar-refractivity contribution in [3.63, 3.8) is 0 Å². The average molecular weight is 205 g/mol. The predicted octanol–water partition coefficient (Wildman–Crippen LogP) is 5.00. The summed E-state index contributed by atoms with van der Waals surface area (Å²) in [5.74, 6) is 0.770. The van der Waals surface area contributed by atoms with Crippen LogP contribution in [0.4, 0.5) is 0 Å². The molecule has 0 bridgehead atoms. The SMILES string of the molecule is CCCCC(CCC)C(Cl)CCC. The van der Waals surface area contributed by atoms with Crippen LogP contribution in [-0.2, 0) is 0 Å². The van der Waals surface area contributed by atoms with E-state index < -0.39 is 0 Å². The Morgan fingerprint density at radius 3 is 1.92 bits per heavy atom. The normalized spacial score (nSPS) is 15.7. The van der Waals surface area contributed by atoms with Gasteiger partial charge in [-0.2, -0.15) is 0 Å². The maximum atomic E-state index is 6.36. The molecule has 0 N–H and O–H groups in total. The molecule has 80 valence electrons. The zero-order chi connectivity index (χ0) is 10.1. The summed E-state index contributed by atoms with van der Waals surface area (Å²) in [6.07, 6.45) is 8.98. The number of alkyl halides is 1. The molecule has 0 rings (SSSR count). The third-order valence-electron chi connectivity index (χ3n) is 2.66. The molecule has 13 heavy (non-hydrogen) atoms. The van der Waals surface area contributed by atoms with E-state index >= 15 is 0 Å². The minimum Gasteiger partial charge on any atom is -0.123 e. The predicted molar refractivity (Wildman–Crippen MR) is 62.5 cm³/mol. The Morgan fingerprint density at radius 2 is 1.46 bits per heavy atom. The molecule has 0 nitrogen and oxygen atoms in total. The number of hydrogen-bond acceptors (Lipinski definition) is 0. The zero-order valence-corrected chi connectivity index (χ0v) is 10.2. The Hall–Kier alpha value is 0.290. The monoisotopic (exact) mass is 204 g/mol. The first kappa shape index (κ1) is 13.3. The van der Waals surface area contributed by atoms with Gasteiger partial charge in [0.1, 0.15) is 0 Å². The van der Waals surface area contributed by atoms with E-state index in [4.69, 9.17) is 11.6 Å². The van der Waals surface area contributed by atoms with Crippen LogP contribution in [0, 0.1) is 5.92 Å². The minimum absolute atomic E-state index is 0.427. The summed E-state index contributed by atoms with van der Waals surface area (Å²) < 4.78 is 0. The third-order valence-corrected chi connectivity index (χ3v) is 3.24. The molecular formula is C12H25Cl. The van der Waals surface area contributed by atoms with Crippen LogP contribution in [0.1, 0.15) is 65.7 Å². The molecule has 0 radical (unpaired) electrons. The van der Waals surface area contributed by atoms with E-state index in [1.807, 2.05) is 0 Å². The van der Waals surface area contributed by atoms with E-state index in [2.05, 4.69) is 20.8 Å². The van der Waals surface area contributed by atoms with Crippen LogP contribution in [0.5, 0.6) is 0 Å². The number of rotatable bonds is 8. The summed E-state index contributed by atoms with van der Waals surface area (Å²) >= 11 is 6.36.